The first kappa shape index (κ1) is 10.9. The summed E-state index contributed by atoms with van der Waals surface area (Å²) in [4.78, 5) is 0. The maximum absolute atomic E-state index is 12.9. The van der Waals surface area contributed by atoms with E-state index in [4.69, 9.17) is 9.84 Å². The molecule has 0 radical (unpaired) electrons. The van der Waals surface area contributed by atoms with Crippen LogP contribution in [-0.2, 0) is 4.74 Å². The van der Waals surface area contributed by atoms with Gasteiger partial charge in [0.15, 0.2) is 0 Å². The molecule has 0 unspecified atom stereocenters. The van der Waals surface area contributed by atoms with E-state index < -0.39 is 23.8 Å². The van der Waals surface area contributed by atoms with E-state index in [-0.39, 0.29) is 44.1 Å². The minimum Gasteiger partial charge on any atom is -0.543 e. The molecular formula is C7H10FO3U-. The predicted molar refractivity (Wildman–Crippen MR) is 34.2 cm³/mol. The zero-order valence-electron chi connectivity index (χ0n) is 6.40. The molecule has 1 saturated heterocycles. The molecule has 4 atom stereocenters. The number of aliphatic hydroxyl groups excluding tert-OH is 2. The molecule has 2 N–H and O–H groups in total. The summed E-state index contributed by atoms with van der Waals surface area (Å²) in [6.07, 6.45) is -1.83. The molecule has 2 fully saturated rings. The Morgan fingerprint density at radius 2 is 2.33 bits per heavy atom. The zero-order valence-corrected chi connectivity index (χ0v) is 10.6. The molecule has 0 aromatic rings. The molecule has 1 aliphatic heterocycles. The maximum Gasteiger partial charge on any atom is 0.0855 e. The number of rotatable bonds is 1. The van der Waals surface area contributed by atoms with Crippen LogP contribution in [0.1, 0.15) is 6.42 Å². The largest absolute Gasteiger partial charge is 0.543 e. The van der Waals surface area contributed by atoms with Gasteiger partial charge in [0.05, 0.1) is 24.5 Å². The third kappa shape index (κ3) is 1.27. The molecule has 2 aliphatic rings. The Hall–Kier alpha value is 0.862. The number of ether oxygens (including phenoxy) is 1. The third-order valence-electron chi connectivity index (χ3n) is 2.59. The van der Waals surface area contributed by atoms with Gasteiger partial charge in [-0.1, -0.05) is 5.92 Å². The quantitative estimate of drug-likeness (QED) is 0.592. The third-order valence-corrected chi connectivity index (χ3v) is 2.59. The van der Waals surface area contributed by atoms with Crippen LogP contribution in [-0.4, -0.2) is 34.7 Å². The Bertz CT molecular complexity index is 180. The molecule has 1 aliphatic carbocycles. The van der Waals surface area contributed by atoms with Crippen molar-refractivity contribution in [3.63, 3.8) is 0 Å². The van der Waals surface area contributed by atoms with Gasteiger partial charge in [-0.25, -0.2) is 11.0 Å². The van der Waals surface area contributed by atoms with Crippen LogP contribution >= 0.6 is 0 Å². The number of hydrogen-bond donors (Lipinski definition) is 2. The van der Waals surface area contributed by atoms with Gasteiger partial charge in [0, 0.05) is 37.5 Å². The standard InChI is InChI=1S/C7H10FO3.U/c8-5-1-7(3-9)6(10)4(5)2-11-7;/h2,4-6,9-10H,1,3H2;/q-1;/t4-,5+,6-,7+;/m0./s1. The van der Waals surface area contributed by atoms with Crippen LogP contribution < -0.4 is 0 Å². The van der Waals surface area contributed by atoms with E-state index >= 15 is 0 Å². The van der Waals surface area contributed by atoms with Gasteiger partial charge in [-0.15, -0.1) is 0 Å². The van der Waals surface area contributed by atoms with Crippen LogP contribution in [0, 0.1) is 43.6 Å². The molecule has 5 heteroatoms. The van der Waals surface area contributed by atoms with Crippen molar-refractivity contribution in [3.8, 4) is 0 Å². The summed E-state index contributed by atoms with van der Waals surface area (Å²) in [6, 6.07) is 0. The number of fused-ring (bicyclic) bond motifs is 2. The Morgan fingerprint density at radius 3 is 2.58 bits per heavy atom. The van der Waals surface area contributed by atoms with E-state index in [1.807, 2.05) is 0 Å². The van der Waals surface area contributed by atoms with E-state index in [0.717, 1.165) is 0 Å². The van der Waals surface area contributed by atoms with E-state index in [1.54, 1.807) is 0 Å². The van der Waals surface area contributed by atoms with Gasteiger partial charge in [0.1, 0.15) is 0 Å². The summed E-state index contributed by atoms with van der Waals surface area (Å²) in [5.74, 6) is -0.540. The molecule has 1 heterocycles. The molecule has 2 rings (SSSR count). The van der Waals surface area contributed by atoms with E-state index in [0.29, 0.717) is 0 Å². The number of alkyl halides is 1. The Labute approximate surface area is 93.7 Å². The Morgan fingerprint density at radius 1 is 1.67 bits per heavy atom. The molecule has 12 heavy (non-hydrogen) atoms. The van der Waals surface area contributed by atoms with Crippen molar-refractivity contribution in [1.82, 2.24) is 0 Å². The van der Waals surface area contributed by atoms with Gasteiger partial charge in [-0.05, 0) is 0 Å². The van der Waals surface area contributed by atoms with Crippen LogP contribution in [0.4, 0.5) is 4.39 Å². The van der Waals surface area contributed by atoms with E-state index in [2.05, 4.69) is 0 Å². The van der Waals surface area contributed by atoms with Crippen LogP contribution in [0.15, 0.2) is 0 Å². The summed E-state index contributed by atoms with van der Waals surface area (Å²) in [5, 5.41) is 18.3. The molecule has 68 valence electrons. The van der Waals surface area contributed by atoms with Gasteiger partial charge in [0.25, 0.3) is 0 Å². The van der Waals surface area contributed by atoms with Crippen molar-refractivity contribution in [3.05, 3.63) is 6.61 Å². The average Bonchev–Trinajstić information content (AvgIpc) is 2.42. The van der Waals surface area contributed by atoms with Crippen molar-refractivity contribution in [2.45, 2.75) is 24.3 Å². The first-order valence-electron chi connectivity index (χ1n) is 3.64. The van der Waals surface area contributed by atoms with Gasteiger partial charge >= 0.3 is 0 Å². The van der Waals surface area contributed by atoms with Gasteiger partial charge in [0.2, 0.25) is 0 Å². The summed E-state index contributed by atoms with van der Waals surface area (Å²) in [6.45, 7) is 0.983. The summed E-state index contributed by atoms with van der Waals surface area (Å²) < 4.78 is 17.9. The van der Waals surface area contributed by atoms with Crippen molar-refractivity contribution < 1.29 is 50.5 Å². The van der Waals surface area contributed by atoms with Crippen molar-refractivity contribution >= 4 is 0 Å². The summed E-state index contributed by atoms with van der Waals surface area (Å²) in [5.41, 5.74) is -1.04. The van der Waals surface area contributed by atoms with Gasteiger partial charge in [-0.2, -0.15) is 0 Å². The predicted octanol–water partition coefficient (Wildman–Crippen LogP) is -0.372. The Kier molecular flexibility index (Phi) is 3.23. The molecule has 0 aromatic heterocycles. The van der Waals surface area contributed by atoms with Gasteiger partial charge < -0.3 is 14.9 Å². The average molecular weight is 399 g/mol. The van der Waals surface area contributed by atoms with Crippen LogP contribution in [0.2, 0.25) is 0 Å². The maximum atomic E-state index is 12.9. The Balaban J connectivity index is 0.000000720. The van der Waals surface area contributed by atoms with E-state index in [1.165, 1.54) is 6.61 Å². The normalized spacial score (nSPS) is 50.8. The fraction of sp³-hybridized carbons (Fsp3) is 0.857. The molecular weight excluding hydrogens is 389 g/mol. The van der Waals surface area contributed by atoms with Crippen LogP contribution in [0.3, 0.4) is 0 Å². The SMILES string of the molecule is OC[C@@]12C[C@@H](F)[C@H]([CH-]O1)[C@@H]2O.[U]. The summed E-state index contributed by atoms with van der Waals surface area (Å²) >= 11 is 0. The monoisotopic (exact) mass is 399 g/mol. The first-order valence-corrected chi connectivity index (χ1v) is 3.64. The number of halogens is 1. The molecule has 0 aromatic carbocycles. The van der Waals surface area contributed by atoms with Crippen molar-refractivity contribution in [2.75, 3.05) is 6.61 Å². The minimum absolute atomic E-state index is 0. The first-order chi connectivity index (χ1) is 5.19. The fourth-order valence-electron chi connectivity index (χ4n) is 1.82. The molecule has 3 nitrogen and oxygen atoms in total. The smallest absolute Gasteiger partial charge is 0.0855 e. The zero-order chi connectivity index (χ0) is 8.06. The van der Waals surface area contributed by atoms with Crippen molar-refractivity contribution in [1.29, 1.82) is 0 Å². The van der Waals surface area contributed by atoms with Crippen molar-refractivity contribution in [2.24, 2.45) is 5.92 Å². The number of aliphatic hydroxyl groups is 2. The van der Waals surface area contributed by atoms with Crippen LogP contribution in [0.25, 0.3) is 0 Å². The molecule has 1 saturated carbocycles. The second-order valence-electron chi connectivity index (χ2n) is 3.22. The van der Waals surface area contributed by atoms with E-state index in [9.17, 15) is 9.50 Å². The molecule has 0 spiro atoms. The minimum atomic E-state index is -1.06. The second kappa shape index (κ2) is 3.55. The fourth-order valence-corrected chi connectivity index (χ4v) is 1.82. The van der Waals surface area contributed by atoms with Crippen LogP contribution in [0.5, 0.6) is 0 Å². The summed E-state index contributed by atoms with van der Waals surface area (Å²) in [7, 11) is 0. The molecule has 2 bridgehead atoms. The number of hydrogen-bond acceptors (Lipinski definition) is 3. The second-order valence-corrected chi connectivity index (χ2v) is 3.22. The van der Waals surface area contributed by atoms with Gasteiger partial charge in [-0.3, -0.25) is 0 Å². The molecule has 0 amide bonds. The topological polar surface area (TPSA) is 49.7 Å².